The minimum Gasteiger partial charge on any atom is -0.504 e. The lowest BCUT2D eigenvalue weighted by atomic mass is 10.1. The fourth-order valence-corrected chi connectivity index (χ4v) is 3.55. The molecule has 0 spiro atoms. The number of carbonyl (C=O) groups excluding carboxylic acids is 2. The van der Waals surface area contributed by atoms with Crippen molar-refractivity contribution < 1.29 is 19.4 Å². The molecule has 0 bridgehead atoms. The van der Waals surface area contributed by atoms with Crippen molar-refractivity contribution in [3.05, 3.63) is 59.7 Å². The number of phenolic OH excluding ortho intramolecular Hbond substituents is 1. The quantitative estimate of drug-likeness (QED) is 0.863. The van der Waals surface area contributed by atoms with Gasteiger partial charge in [0.1, 0.15) is 0 Å². The fourth-order valence-electron chi connectivity index (χ4n) is 3.55. The van der Waals surface area contributed by atoms with Crippen molar-refractivity contribution in [3.63, 3.8) is 0 Å². The SMILES string of the molecule is CCC1CN(C(=O)c2ccc(O)c(OC)c2)CCC(=O)N1Cc1ccccc1. The predicted molar refractivity (Wildman–Crippen MR) is 106 cm³/mol. The van der Waals surface area contributed by atoms with Crippen molar-refractivity contribution in [2.45, 2.75) is 32.4 Å². The van der Waals surface area contributed by atoms with E-state index in [9.17, 15) is 14.7 Å². The third kappa shape index (κ3) is 4.27. The highest BCUT2D eigenvalue weighted by Crippen LogP contribution is 2.27. The molecule has 3 rings (SSSR count). The molecule has 0 radical (unpaired) electrons. The third-order valence-corrected chi connectivity index (χ3v) is 5.17. The monoisotopic (exact) mass is 382 g/mol. The number of amides is 2. The molecule has 1 unspecified atom stereocenters. The Bertz CT molecular complexity index is 838. The molecule has 2 aromatic rings. The molecule has 1 fully saturated rings. The number of rotatable bonds is 5. The number of nitrogens with zero attached hydrogens (tertiary/aromatic N) is 2. The average Bonchev–Trinajstić information content (AvgIpc) is 2.88. The summed E-state index contributed by atoms with van der Waals surface area (Å²) in [5.74, 6) is 0.153. The number of phenols is 1. The van der Waals surface area contributed by atoms with Gasteiger partial charge in [-0.3, -0.25) is 9.59 Å². The van der Waals surface area contributed by atoms with Gasteiger partial charge in [-0.25, -0.2) is 0 Å². The van der Waals surface area contributed by atoms with Gasteiger partial charge in [0.05, 0.1) is 7.11 Å². The Kier molecular flexibility index (Phi) is 6.19. The van der Waals surface area contributed by atoms with Gasteiger partial charge in [0.2, 0.25) is 5.91 Å². The zero-order valence-electron chi connectivity index (χ0n) is 16.3. The first-order valence-electron chi connectivity index (χ1n) is 9.53. The largest absolute Gasteiger partial charge is 0.504 e. The van der Waals surface area contributed by atoms with Crippen molar-refractivity contribution in [3.8, 4) is 11.5 Å². The number of carbonyl (C=O) groups is 2. The van der Waals surface area contributed by atoms with E-state index in [0.29, 0.717) is 31.6 Å². The van der Waals surface area contributed by atoms with Gasteiger partial charge in [0.25, 0.3) is 5.91 Å². The summed E-state index contributed by atoms with van der Waals surface area (Å²) in [6.45, 7) is 3.44. The molecule has 0 aliphatic carbocycles. The van der Waals surface area contributed by atoms with Crippen molar-refractivity contribution in [1.29, 1.82) is 0 Å². The molecule has 1 heterocycles. The Labute approximate surface area is 165 Å². The van der Waals surface area contributed by atoms with E-state index in [1.807, 2.05) is 42.2 Å². The van der Waals surface area contributed by atoms with E-state index in [1.54, 1.807) is 11.0 Å². The molecule has 6 nitrogen and oxygen atoms in total. The third-order valence-electron chi connectivity index (χ3n) is 5.17. The fraction of sp³-hybridized carbons (Fsp3) is 0.364. The Morgan fingerprint density at radius 2 is 1.96 bits per heavy atom. The molecule has 2 aromatic carbocycles. The van der Waals surface area contributed by atoms with Gasteiger partial charge in [-0.1, -0.05) is 37.3 Å². The van der Waals surface area contributed by atoms with Gasteiger partial charge in [-0.2, -0.15) is 0 Å². The van der Waals surface area contributed by atoms with Crippen molar-refractivity contribution >= 4 is 11.8 Å². The molecule has 1 atom stereocenters. The van der Waals surface area contributed by atoms with Crippen LogP contribution in [0.4, 0.5) is 0 Å². The van der Waals surface area contributed by atoms with Crippen molar-refractivity contribution in [1.82, 2.24) is 9.80 Å². The van der Waals surface area contributed by atoms with Crippen LogP contribution >= 0.6 is 0 Å². The van der Waals surface area contributed by atoms with E-state index in [0.717, 1.165) is 12.0 Å². The lowest BCUT2D eigenvalue weighted by Crippen LogP contribution is -2.43. The van der Waals surface area contributed by atoms with Crippen LogP contribution in [-0.4, -0.2) is 53.0 Å². The summed E-state index contributed by atoms with van der Waals surface area (Å²) in [5, 5.41) is 9.76. The zero-order valence-corrected chi connectivity index (χ0v) is 16.3. The van der Waals surface area contributed by atoms with E-state index in [4.69, 9.17) is 4.74 Å². The summed E-state index contributed by atoms with van der Waals surface area (Å²) in [7, 11) is 1.45. The normalized spacial score (nSPS) is 17.4. The minimum absolute atomic E-state index is 0.00874. The van der Waals surface area contributed by atoms with E-state index < -0.39 is 0 Å². The highest BCUT2D eigenvalue weighted by Gasteiger charge is 2.31. The molecular weight excluding hydrogens is 356 g/mol. The Hall–Kier alpha value is -3.02. The summed E-state index contributed by atoms with van der Waals surface area (Å²) < 4.78 is 5.11. The molecule has 1 N–H and O–H groups in total. The maximum Gasteiger partial charge on any atom is 0.254 e. The van der Waals surface area contributed by atoms with Gasteiger partial charge >= 0.3 is 0 Å². The summed E-state index contributed by atoms with van der Waals surface area (Å²) in [6.07, 6.45) is 1.06. The lowest BCUT2D eigenvalue weighted by molar-refractivity contribution is -0.133. The van der Waals surface area contributed by atoms with Crippen LogP contribution in [0.5, 0.6) is 11.5 Å². The number of hydrogen-bond acceptors (Lipinski definition) is 4. The molecule has 1 aliphatic heterocycles. The van der Waals surface area contributed by atoms with Crippen LogP contribution < -0.4 is 4.74 Å². The second kappa shape index (κ2) is 8.78. The molecule has 0 aromatic heterocycles. The second-order valence-electron chi connectivity index (χ2n) is 6.96. The maximum absolute atomic E-state index is 13.0. The van der Waals surface area contributed by atoms with E-state index in [-0.39, 0.29) is 29.4 Å². The second-order valence-corrected chi connectivity index (χ2v) is 6.96. The maximum atomic E-state index is 13.0. The number of benzene rings is 2. The molecule has 1 aliphatic rings. The van der Waals surface area contributed by atoms with Gasteiger partial charge in [-0.15, -0.1) is 0 Å². The molecule has 0 saturated carbocycles. The first-order valence-corrected chi connectivity index (χ1v) is 9.53. The first kappa shape index (κ1) is 19.7. The molecule has 148 valence electrons. The highest BCUT2D eigenvalue weighted by molar-refractivity contribution is 5.95. The van der Waals surface area contributed by atoms with E-state index in [2.05, 4.69) is 0 Å². The number of hydrogen-bond donors (Lipinski definition) is 1. The molecule has 1 saturated heterocycles. The standard InChI is InChI=1S/C22H26N2O4/c1-3-18-15-23(22(27)17-9-10-19(25)20(13-17)28-2)12-11-21(26)24(18)14-16-7-5-4-6-8-16/h4-10,13,18,25H,3,11-12,14-15H2,1-2H3. The van der Waals surface area contributed by atoms with Crippen LogP contribution in [0.3, 0.4) is 0 Å². The lowest BCUT2D eigenvalue weighted by Gasteiger charge is -2.31. The topological polar surface area (TPSA) is 70.1 Å². The average molecular weight is 382 g/mol. The molecule has 2 amide bonds. The van der Waals surface area contributed by atoms with Gasteiger partial charge in [0.15, 0.2) is 11.5 Å². The first-order chi connectivity index (χ1) is 13.5. The van der Waals surface area contributed by atoms with Crippen LogP contribution in [0.15, 0.2) is 48.5 Å². The van der Waals surface area contributed by atoms with Crippen molar-refractivity contribution in [2.75, 3.05) is 20.2 Å². The minimum atomic E-state index is -0.161. The van der Waals surface area contributed by atoms with Crippen LogP contribution in [0.25, 0.3) is 0 Å². The molecular formula is C22H26N2O4. The van der Waals surface area contributed by atoms with Crippen LogP contribution in [-0.2, 0) is 11.3 Å². The number of ether oxygens (including phenoxy) is 1. The van der Waals surface area contributed by atoms with Crippen LogP contribution in [0, 0.1) is 0 Å². The zero-order chi connectivity index (χ0) is 20.1. The summed E-state index contributed by atoms with van der Waals surface area (Å²) >= 11 is 0. The summed E-state index contributed by atoms with van der Waals surface area (Å²) in [5.41, 5.74) is 1.52. The van der Waals surface area contributed by atoms with E-state index >= 15 is 0 Å². The molecule has 28 heavy (non-hydrogen) atoms. The Morgan fingerprint density at radius 1 is 1.21 bits per heavy atom. The number of methoxy groups -OCH3 is 1. The summed E-state index contributed by atoms with van der Waals surface area (Å²) in [6, 6.07) is 14.4. The van der Waals surface area contributed by atoms with Crippen molar-refractivity contribution in [2.24, 2.45) is 0 Å². The van der Waals surface area contributed by atoms with E-state index in [1.165, 1.54) is 19.2 Å². The smallest absolute Gasteiger partial charge is 0.254 e. The predicted octanol–water partition coefficient (Wildman–Crippen LogP) is 3.05. The van der Waals surface area contributed by atoms with Gasteiger partial charge in [0, 0.05) is 37.7 Å². The highest BCUT2D eigenvalue weighted by atomic mass is 16.5. The van der Waals surface area contributed by atoms with Crippen LogP contribution in [0.1, 0.15) is 35.7 Å². The van der Waals surface area contributed by atoms with Gasteiger partial charge in [-0.05, 0) is 30.2 Å². The number of aromatic hydroxyl groups is 1. The Balaban J connectivity index is 1.79. The Morgan fingerprint density at radius 3 is 2.64 bits per heavy atom. The van der Waals surface area contributed by atoms with Gasteiger partial charge < -0.3 is 19.6 Å². The summed E-state index contributed by atoms with van der Waals surface area (Å²) in [4.78, 5) is 29.4. The molecule has 6 heteroatoms. The van der Waals surface area contributed by atoms with Crippen LogP contribution in [0.2, 0.25) is 0 Å².